The Morgan fingerprint density at radius 3 is 2.50 bits per heavy atom. The van der Waals surface area contributed by atoms with Gasteiger partial charge in [-0.25, -0.2) is 8.42 Å². The van der Waals surface area contributed by atoms with Gasteiger partial charge in [-0.3, -0.25) is 0 Å². The quantitative estimate of drug-likeness (QED) is 0.698. The fraction of sp³-hybridized carbons (Fsp3) is 1.00. The van der Waals surface area contributed by atoms with Crippen molar-refractivity contribution in [1.82, 2.24) is 0 Å². The second-order valence-electron chi connectivity index (χ2n) is 2.60. The average Bonchev–Trinajstić information content (AvgIpc) is 2.04. The predicted molar refractivity (Wildman–Crippen MR) is 53.3 cm³/mol. The van der Waals surface area contributed by atoms with Crippen LogP contribution in [0.1, 0.15) is 13.8 Å². The summed E-state index contributed by atoms with van der Waals surface area (Å²) in [6.07, 6.45) is 0. The monoisotopic (exact) mass is 212 g/mol. The summed E-state index contributed by atoms with van der Waals surface area (Å²) in [4.78, 5) is 0. The third-order valence-electron chi connectivity index (χ3n) is 1.49. The van der Waals surface area contributed by atoms with Crippen molar-refractivity contribution in [3.05, 3.63) is 0 Å². The van der Waals surface area contributed by atoms with E-state index in [2.05, 4.69) is 0 Å². The number of hydrogen-bond acceptors (Lipinski definition) is 4. The topological polar surface area (TPSA) is 54.4 Å². The Labute approximate surface area is 78.5 Å². The Bertz CT molecular complexity index is 199. The van der Waals surface area contributed by atoms with Gasteiger partial charge < -0.3 is 5.11 Å². The smallest absolute Gasteiger partial charge is 0.150 e. The van der Waals surface area contributed by atoms with Gasteiger partial charge in [0.2, 0.25) is 0 Å². The lowest BCUT2D eigenvalue weighted by atomic mass is 10.5. The molecule has 0 bridgehead atoms. The fourth-order valence-corrected chi connectivity index (χ4v) is 2.77. The van der Waals surface area contributed by atoms with Crippen LogP contribution in [-0.4, -0.2) is 42.6 Å². The average molecular weight is 212 g/mol. The van der Waals surface area contributed by atoms with Crippen LogP contribution in [0, 0.1) is 0 Å². The molecule has 1 unspecified atom stereocenters. The molecule has 0 radical (unpaired) electrons. The van der Waals surface area contributed by atoms with Gasteiger partial charge in [0.15, 0.2) is 9.84 Å². The van der Waals surface area contributed by atoms with Gasteiger partial charge in [0.1, 0.15) is 0 Å². The van der Waals surface area contributed by atoms with Crippen LogP contribution in [0.25, 0.3) is 0 Å². The molecule has 0 aromatic carbocycles. The molecule has 1 atom stereocenters. The summed E-state index contributed by atoms with van der Waals surface area (Å²) in [5, 5.41) is 8.79. The van der Waals surface area contributed by atoms with Crippen LogP contribution in [0.5, 0.6) is 0 Å². The van der Waals surface area contributed by atoms with E-state index in [4.69, 9.17) is 5.11 Å². The van der Waals surface area contributed by atoms with Crippen molar-refractivity contribution in [1.29, 1.82) is 0 Å². The van der Waals surface area contributed by atoms with Crippen molar-refractivity contribution >= 4 is 21.6 Å². The maximum Gasteiger partial charge on any atom is 0.150 e. The predicted octanol–water partition coefficient (Wildman–Crippen LogP) is 0.535. The number of aliphatic hydroxyl groups excluding tert-OH is 1. The molecule has 0 spiro atoms. The zero-order valence-electron chi connectivity index (χ0n) is 7.49. The van der Waals surface area contributed by atoms with Crippen molar-refractivity contribution < 1.29 is 13.5 Å². The molecule has 0 heterocycles. The van der Waals surface area contributed by atoms with E-state index in [9.17, 15) is 8.42 Å². The lowest BCUT2D eigenvalue weighted by Crippen LogP contribution is -2.13. The third-order valence-corrected chi connectivity index (χ3v) is 4.62. The van der Waals surface area contributed by atoms with Gasteiger partial charge in [-0.15, -0.1) is 0 Å². The van der Waals surface area contributed by atoms with Crippen LogP contribution < -0.4 is 0 Å². The molecule has 0 aromatic rings. The van der Waals surface area contributed by atoms with Gasteiger partial charge in [-0.2, -0.15) is 11.8 Å². The van der Waals surface area contributed by atoms with Crippen LogP contribution in [-0.2, 0) is 9.84 Å². The van der Waals surface area contributed by atoms with Crippen LogP contribution >= 0.6 is 11.8 Å². The summed E-state index contributed by atoms with van der Waals surface area (Å²) in [7, 11) is -2.83. The van der Waals surface area contributed by atoms with Crippen LogP contribution in [0.3, 0.4) is 0 Å². The Morgan fingerprint density at radius 1 is 1.50 bits per heavy atom. The SMILES string of the molecule is CCS(=O)(=O)CCSC(C)CO. The highest BCUT2D eigenvalue weighted by Crippen LogP contribution is 2.09. The Balaban J connectivity index is 3.57. The molecular weight excluding hydrogens is 196 g/mol. The molecule has 0 aromatic heterocycles. The van der Waals surface area contributed by atoms with E-state index in [0.29, 0.717) is 5.75 Å². The molecule has 74 valence electrons. The van der Waals surface area contributed by atoms with E-state index in [-0.39, 0.29) is 23.4 Å². The second kappa shape index (κ2) is 5.83. The van der Waals surface area contributed by atoms with Gasteiger partial charge in [0.25, 0.3) is 0 Å². The maximum absolute atomic E-state index is 11.0. The number of thioether (sulfide) groups is 1. The molecule has 0 aliphatic rings. The van der Waals surface area contributed by atoms with E-state index in [1.54, 1.807) is 6.92 Å². The number of hydrogen-bond donors (Lipinski definition) is 1. The van der Waals surface area contributed by atoms with Gasteiger partial charge in [-0.05, 0) is 0 Å². The van der Waals surface area contributed by atoms with Crippen molar-refractivity contribution in [2.45, 2.75) is 19.1 Å². The lowest BCUT2D eigenvalue weighted by molar-refractivity contribution is 0.300. The van der Waals surface area contributed by atoms with Gasteiger partial charge >= 0.3 is 0 Å². The molecule has 1 N–H and O–H groups in total. The standard InChI is InChI=1S/C7H16O3S2/c1-3-12(9,10)5-4-11-7(2)6-8/h7-8H,3-6H2,1-2H3. The summed E-state index contributed by atoms with van der Waals surface area (Å²) in [6.45, 7) is 3.63. The highest BCUT2D eigenvalue weighted by atomic mass is 32.2. The van der Waals surface area contributed by atoms with Crippen molar-refractivity contribution in [2.75, 3.05) is 23.9 Å². The zero-order valence-corrected chi connectivity index (χ0v) is 9.12. The molecule has 0 rings (SSSR count). The molecular formula is C7H16O3S2. The molecule has 0 aliphatic carbocycles. The highest BCUT2D eigenvalue weighted by Gasteiger charge is 2.08. The molecule has 3 nitrogen and oxygen atoms in total. The number of aliphatic hydroxyl groups is 1. The first kappa shape index (κ1) is 12.3. The summed E-state index contributed by atoms with van der Waals surface area (Å²) in [6, 6.07) is 0. The molecule has 0 aliphatic heterocycles. The van der Waals surface area contributed by atoms with Crippen LogP contribution in [0.2, 0.25) is 0 Å². The van der Waals surface area contributed by atoms with Crippen molar-refractivity contribution in [3.63, 3.8) is 0 Å². The first-order valence-corrected chi connectivity index (χ1v) is 6.81. The molecule has 0 fully saturated rings. The molecule has 0 amide bonds. The molecule has 0 saturated carbocycles. The number of rotatable bonds is 6. The van der Waals surface area contributed by atoms with Crippen LogP contribution in [0.15, 0.2) is 0 Å². The van der Waals surface area contributed by atoms with Crippen LogP contribution in [0.4, 0.5) is 0 Å². The van der Waals surface area contributed by atoms with Crippen molar-refractivity contribution in [2.24, 2.45) is 0 Å². The largest absolute Gasteiger partial charge is 0.395 e. The molecule has 5 heteroatoms. The summed E-state index contributed by atoms with van der Waals surface area (Å²) < 4.78 is 22.0. The van der Waals surface area contributed by atoms with E-state index >= 15 is 0 Å². The lowest BCUT2D eigenvalue weighted by Gasteiger charge is -2.06. The van der Waals surface area contributed by atoms with E-state index in [0.717, 1.165) is 0 Å². The minimum atomic E-state index is -2.83. The fourth-order valence-electron chi connectivity index (χ4n) is 0.573. The van der Waals surface area contributed by atoms with E-state index in [1.165, 1.54) is 11.8 Å². The minimum absolute atomic E-state index is 0.108. The third kappa shape index (κ3) is 5.85. The number of sulfone groups is 1. The first-order valence-electron chi connectivity index (χ1n) is 3.94. The molecule has 0 saturated heterocycles. The Kier molecular flexibility index (Phi) is 5.96. The van der Waals surface area contributed by atoms with Gasteiger partial charge in [-0.1, -0.05) is 13.8 Å². The van der Waals surface area contributed by atoms with E-state index in [1.807, 2.05) is 6.92 Å². The molecule has 12 heavy (non-hydrogen) atoms. The van der Waals surface area contributed by atoms with Crippen molar-refractivity contribution in [3.8, 4) is 0 Å². The maximum atomic E-state index is 11.0. The first-order chi connectivity index (χ1) is 5.52. The summed E-state index contributed by atoms with van der Waals surface area (Å²) >= 11 is 1.49. The Hall–Kier alpha value is 0.260. The normalized spacial score (nSPS) is 14.6. The van der Waals surface area contributed by atoms with E-state index < -0.39 is 9.84 Å². The Morgan fingerprint density at radius 2 is 2.08 bits per heavy atom. The second-order valence-corrected chi connectivity index (χ2v) is 6.62. The minimum Gasteiger partial charge on any atom is -0.395 e. The highest BCUT2D eigenvalue weighted by molar-refractivity contribution is 8.01. The van der Waals surface area contributed by atoms with Gasteiger partial charge in [0, 0.05) is 16.8 Å². The van der Waals surface area contributed by atoms with Gasteiger partial charge in [0.05, 0.1) is 12.4 Å². The zero-order chi connectivity index (χ0) is 9.61. The summed E-state index contributed by atoms with van der Waals surface area (Å²) in [5.41, 5.74) is 0. The summed E-state index contributed by atoms with van der Waals surface area (Å²) in [5.74, 6) is 1.01.